The van der Waals surface area contributed by atoms with E-state index in [1.54, 1.807) is 0 Å². The molecular weight excluding hydrogens is 364 g/mol. The van der Waals surface area contributed by atoms with Crippen LogP contribution in [0.5, 0.6) is 0 Å². The maximum atomic E-state index is 12.6. The number of hydrogen-bond acceptors (Lipinski definition) is 3. The molecule has 0 aliphatic heterocycles. The first kappa shape index (κ1) is 16.0. The highest BCUT2D eigenvalue weighted by Gasteiger charge is 2.27. The van der Waals surface area contributed by atoms with Crippen LogP contribution in [0.4, 0.5) is 5.69 Å². The summed E-state index contributed by atoms with van der Waals surface area (Å²) in [6.45, 7) is 7.30. The summed E-state index contributed by atoms with van der Waals surface area (Å²) in [7, 11) is -3.33. The average Bonchev–Trinajstić information content (AvgIpc) is 2.13. The van der Waals surface area contributed by atoms with E-state index in [1.165, 1.54) is 0 Å². The van der Waals surface area contributed by atoms with E-state index in [1.807, 2.05) is 52.0 Å². The van der Waals surface area contributed by atoms with Crippen molar-refractivity contribution >= 4 is 36.0 Å². The van der Waals surface area contributed by atoms with Gasteiger partial charge in [0.2, 0.25) is 0 Å². The molecule has 0 fully saturated rings. The van der Waals surface area contributed by atoms with Crippen molar-refractivity contribution in [1.82, 2.24) is 0 Å². The lowest BCUT2D eigenvalue weighted by Gasteiger charge is -2.23. The van der Waals surface area contributed by atoms with Gasteiger partial charge in [-0.05, 0) is 68.5 Å². The van der Waals surface area contributed by atoms with Gasteiger partial charge in [-0.2, -0.15) is 0 Å². The van der Waals surface area contributed by atoms with Gasteiger partial charge < -0.3 is 0 Å². The van der Waals surface area contributed by atoms with Crippen molar-refractivity contribution < 1.29 is 13.6 Å². The topological polar surface area (TPSA) is 47.6 Å². The molecule has 0 bridgehead atoms. The molecule has 18 heavy (non-hydrogen) atoms. The molecule has 4 nitrogen and oxygen atoms in total. The van der Waals surface area contributed by atoms with E-state index < -0.39 is 7.75 Å². The van der Waals surface area contributed by atoms with Gasteiger partial charge in [-0.1, -0.05) is 6.07 Å². The molecule has 102 valence electrons. The van der Waals surface area contributed by atoms with Crippen molar-refractivity contribution in [3.8, 4) is 0 Å². The summed E-state index contributed by atoms with van der Waals surface area (Å²) in [6.07, 6.45) is -0.352. The highest BCUT2D eigenvalue weighted by molar-refractivity contribution is 14.1. The fraction of sp³-hybridized carbons (Fsp3) is 0.500. The molecule has 0 aliphatic rings. The van der Waals surface area contributed by atoms with Gasteiger partial charge in [0.25, 0.3) is 0 Å². The Morgan fingerprint density at radius 2 is 1.72 bits per heavy atom. The van der Waals surface area contributed by atoms with Crippen LogP contribution in [0.15, 0.2) is 24.3 Å². The van der Waals surface area contributed by atoms with E-state index in [0.29, 0.717) is 0 Å². The Morgan fingerprint density at radius 1 is 1.17 bits per heavy atom. The van der Waals surface area contributed by atoms with E-state index in [0.717, 1.165) is 9.26 Å². The SMILES string of the molecule is CC(C)OP(=O)(Nc1cccc(I)c1)OC(C)C. The van der Waals surface area contributed by atoms with Crippen molar-refractivity contribution in [1.29, 1.82) is 0 Å². The van der Waals surface area contributed by atoms with Gasteiger partial charge in [-0.3, -0.25) is 14.1 Å². The maximum Gasteiger partial charge on any atom is 0.433 e. The monoisotopic (exact) mass is 383 g/mol. The molecule has 0 aliphatic carbocycles. The quantitative estimate of drug-likeness (QED) is 0.574. The average molecular weight is 383 g/mol. The van der Waals surface area contributed by atoms with Crippen LogP contribution in [0.3, 0.4) is 0 Å². The number of hydrogen-bond donors (Lipinski definition) is 1. The second-order valence-corrected chi connectivity index (χ2v) is 7.31. The third-order valence-electron chi connectivity index (χ3n) is 1.79. The van der Waals surface area contributed by atoms with Gasteiger partial charge in [0, 0.05) is 9.26 Å². The predicted molar refractivity (Wildman–Crippen MR) is 82.8 cm³/mol. The predicted octanol–water partition coefficient (Wildman–Crippen LogP) is 4.66. The third kappa shape index (κ3) is 5.69. The zero-order chi connectivity index (χ0) is 13.8. The minimum absolute atomic E-state index is 0.176. The first-order chi connectivity index (χ1) is 8.31. The van der Waals surface area contributed by atoms with Gasteiger partial charge in [0.15, 0.2) is 0 Å². The van der Waals surface area contributed by atoms with Gasteiger partial charge >= 0.3 is 7.75 Å². The lowest BCUT2D eigenvalue weighted by atomic mass is 10.3. The standard InChI is InChI=1S/C12H19INO3P/c1-9(2)16-18(15,17-10(3)4)14-12-7-5-6-11(13)8-12/h5-10H,1-4H3,(H,14,15). The molecule has 0 aromatic heterocycles. The van der Waals surface area contributed by atoms with E-state index in [-0.39, 0.29) is 12.2 Å². The molecule has 0 unspecified atom stereocenters. The number of nitrogens with one attached hydrogen (secondary N) is 1. The molecule has 0 heterocycles. The van der Waals surface area contributed by atoms with Crippen molar-refractivity contribution in [3.63, 3.8) is 0 Å². The van der Waals surface area contributed by atoms with Crippen LogP contribution in [0.1, 0.15) is 27.7 Å². The van der Waals surface area contributed by atoms with Gasteiger partial charge in [0.05, 0.1) is 12.2 Å². The largest absolute Gasteiger partial charge is 0.433 e. The van der Waals surface area contributed by atoms with Gasteiger partial charge in [-0.25, -0.2) is 4.57 Å². The summed E-state index contributed by atoms with van der Waals surface area (Å²) in [5, 5.41) is 2.87. The Kier molecular flexibility index (Phi) is 6.11. The fourth-order valence-corrected chi connectivity index (χ4v) is 3.61. The molecule has 1 rings (SSSR count). The van der Waals surface area contributed by atoms with Crippen LogP contribution in [0, 0.1) is 3.57 Å². The van der Waals surface area contributed by atoms with Gasteiger partial charge in [-0.15, -0.1) is 0 Å². The summed E-state index contributed by atoms with van der Waals surface area (Å²) < 4.78 is 24.4. The number of anilines is 1. The lowest BCUT2D eigenvalue weighted by Crippen LogP contribution is -2.13. The maximum absolute atomic E-state index is 12.6. The van der Waals surface area contributed by atoms with Crippen molar-refractivity contribution in [2.75, 3.05) is 5.09 Å². The molecule has 6 heteroatoms. The Bertz CT molecular complexity index is 423. The minimum Gasteiger partial charge on any atom is -0.293 e. The number of rotatable bonds is 6. The zero-order valence-electron chi connectivity index (χ0n) is 11.0. The smallest absolute Gasteiger partial charge is 0.293 e. The first-order valence-corrected chi connectivity index (χ1v) is 8.43. The van der Waals surface area contributed by atoms with Crippen molar-refractivity contribution in [2.45, 2.75) is 39.9 Å². The van der Waals surface area contributed by atoms with E-state index in [4.69, 9.17) is 9.05 Å². The second kappa shape index (κ2) is 6.89. The number of halogens is 1. The Labute approximate surface area is 122 Å². The molecule has 1 aromatic rings. The number of benzene rings is 1. The Hall–Kier alpha value is -0.100. The Morgan fingerprint density at radius 3 is 2.17 bits per heavy atom. The first-order valence-electron chi connectivity index (χ1n) is 5.81. The molecule has 0 spiro atoms. The normalized spacial score (nSPS) is 12.2. The van der Waals surface area contributed by atoms with E-state index >= 15 is 0 Å². The molecule has 0 amide bonds. The third-order valence-corrected chi connectivity index (χ3v) is 4.39. The van der Waals surface area contributed by atoms with Crippen LogP contribution >= 0.6 is 30.3 Å². The molecular formula is C12H19INO3P. The highest BCUT2D eigenvalue weighted by Crippen LogP contribution is 2.50. The summed E-state index contributed by atoms with van der Waals surface area (Å²) in [6, 6.07) is 7.57. The Balaban J connectivity index is 2.87. The van der Waals surface area contributed by atoms with Crippen LogP contribution in [-0.4, -0.2) is 12.2 Å². The molecule has 1 N–H and O–H groups in total. The summed E-state index contributed by atoms with van der Waals surface area (Å²) in [4.78, 5) is 0. The summed E-state index contributed by atoms with van der Waals surface area (Å²) >= 11 is 2.20. The van der Waals surface area contributed by atoms with E-state index in [9.17, 15) is 4.57 Å². The molecule has 0 radical (unpaired) electrons. The van der Waals surface area contributed by atoms with Crippen molar-refractivity contribution in [3.05, 3.63) is 27.8 Å². The minimum atomic E-state index is -3.33. The van der Waals surface area contributed by atoms with Gasteiger partial charge in [0.1, 0.15) is 0 Å². The molecule has 1 aromatic carbocycles. The van der Waals surface area contributed by atoms with Crippen LogP contribution in [0.25, 0.3) is 0 Å². The lowest BCUT2D eigenvalue weighted by molar-refractivity contribution is 0.146. The molecule has 0 saturated carbocycles. The van der Waals surface area contributed by atoms with Crippen LogP contribution in [-0.2, 0) is 13.6 Å². The second-order valence-electron chi connectivity index (χ2n) is 4.43. The van der Waals surface area contributed by atoms with Crippen molar-refractivity contribution in [2.24, 2.45) is 0 Å². The highest BCUT2D eigenvalue weighted by atomic mass is 127. The fourth-order valence-electron chi connectivity index (χ4n) is 1.35. The summed E-state index contributed by atoms with van der Waals surface area (Å²) in [5.41, 5.74) is 0.728. The van der Waals surface area contributed by atoms with Crippen LogP contribution in [0.2, 0.25) is 0 Å². The van der Waals surface area contributed by atoms with Crippen LogP contribution < -0.4 is 5.09 Å². The summed E-state index contributed by atoms with van der Waals surface area (Å²) in [5.74, 6) is 0. The van der Waals surface area contributed by atoms with E-state index in [2.05, 4.69) is 27.7 Å². The molecule has 0 saturated heterocycles. The molecule has 0 atom stereocenters. The zero-order valence-corrected chi connectivity index (χ0v) is 14.1.